The van der Waals surface area contributed by atoms with Crippen LogP contribution < -0.4 is 4.74 Å². The quantitative estimate of drug-likeness (QED) is 0.627. The Morgan fingerprint density at radius 2 is 1.71 bits per heavy atom. The number of fused-ring (bicyclic) bond motifs is 10. The Hall–Kier alpha value is -1.76. The van der Waals surface area contributed by atoms with E-state index < -0.39 is 0 Å². The van der Waals surface area contributed by atoms with E-state index >= 15 is 0 Å². The van der Waals surface area contributed by atoms with Crippen LogP contribution in [0.5, 0.6) is 5.75 Å². The zero-order chi connectivity index (χ0) is 14.2. The van der Waals surface area contributed by atoms with Crippen LogP contribution in [-0.4, -0.2) is 5.60 Å². The smallest absolute Gasteiger partial charge is 0.135 e. The predicted octanol–water partition coefficient (Wildman–Crippen LogP) is 5.39. The lowest BCUT2D eigenvalue weighted by molar-refractivity contribution is 0.161. The molecule has 1 heterocycles. The molecule has 2 unspecified atom stereocenters. The fourth-order valence-electron chi connectivity index (χ4n) is 4.72. The van der Waals surface area contributed by atoms with Crippen molar-refractivity contribution in [2.75, 3.05) is 0 Å². The van der Waals surface area contributed by atoms with Crippen LogP contribution in [0.1, 0.15) is 61.6 Å². The molecule has 3 aliphatic rings. The molecule has 1 nitrogen and oxygen atoms in total. The van der Waals surface area contributed by atoms with Crippen molar-refractivity contribution in [1.29, 1.82) is 0 Å². The zero-order valence-electron chi connectivity index (χ0n) is 12.6. The minimum absolute atomic E-state index is 0.207. The minimum Gasteiger partial charge on any atom is -0.482 e. The molecule has 1 saturated carbocycles. The summed E-state index contributed by atoms with van der Waals surface area (Å²) in [5.74, 6) is 2.66. The first-order valence-corrected chi connectivity index (χ1v) is 8.11. The maximum atomic E-state index is 6.38. The summed E-state index contributed by atoms with van der Waals surface area (Å²) in [5.41, 5.74) is 4.40. The first kappa shape index (κ1) is 11.9. The van der Waals surface area contributed by atoms with Gasteiger partial charge in [-0.1, -0.05) is 30.3 Å². The van der Waals surface area contributed by atoms with Crippen LogP contribution in [0.3, 0.4) is 0 Å². The molecule has 2 bridgehead atoms. The van der Waals surface area contributed by atoms with E-state index in [0.29, 0.717) is 0 Å². The first-order valence-electron chi connectivity index (χ1n) is 8.11. The Labute approximate surface area is 125 Å². The van der Waals surface area contributed by atoms with Crippen molar-refractivity contribution in [1.82, 2.24) is 0 Å². The summed E-state index contributed by atoms with van der Waals surface area (Å²) in [4.78, 5) is 0. The van der Waals surface area contributed by atoms with E-state index in [-0.39, 0.29) is 5.60 Å². The van der Waals surface area contributed by atoms with Crippen molar-refractivity contribution in [3.63, 3.8) is 0 Å². The maximum absolute atomic E-state index is 6.38. The summed E-state index contributed by atoms with van der Waals surface area (Å²) in [7, 11) is 0. The monoisotopic (exact) mass is 276 g/mol. The van der Waals surface area contributed by atoms with E-state index in [2.05, 4.69) is 50.3 Å². The second-order valence-corrected chi connectivity index (χ2v) is 7.36. The van der Waals surface area contributed by atoms with Crippen molar-refractivity contribution in [3.8, 4) is 5.75 Å². The van der Waals surface area contributed by atoms with Gasteiger partial charge in [-0.05, 0) is 67.5 Å². The molecule has 5 rings (SSSR count). The van der Waals surface area contributed by atoms with E-state index in [0.717, 1.165) is 17.6 Å². The number of rotatable bonds is 0. The van der Waals surface area contributed by atoms with E-state index in [1.165, 1.54) is 35.6 Å². The van der Waals surface area contributed by atoms with Crippen molar-refractivity contribution in [3.05, 3.63) is 47.0 Å². The van der Waals surface area contributed by atoms with Crippen LogP contribution in [0.2, 0.25) is 0 Å². The van der Waals surface area contributed by atoms with Gasteiger partial charge >= 0.3 is 0 Å². The van der Waals surface area contributed by atoms with Gasteiger partial charge in [-0.15, -0.1) is 0 Å². The third-order valence-electron chi connectivity index (χ3n) is 5.55. The molecule has 21 heavy (non-hydrogen) atoms. The first-order chi connectivity index (χ1) is 10.1. The molecule has 0 aromatic heterocycles. The molecule has 0 spiro atoms. The standard InChI is InChI=1S/C20H20O/c1-20(2)10-9-16-18-13-8-7-12(11-13)17(18)14-5-3-4-6-15(14)19(16)21-20/h3-6,9-10,12-13H,7-8,11H2,1-2H3. The van der Waals surface area contributed by atoms with Crippen LogP contribution >= 0.6 is 0 Å². The molecule has 2 atom stereocenters. The Balaban J connectivity index is 1.93. The molecule has 1 aliphatic heterocycles. The molecule has 2 aromatic carbocycles. The van der Waals surface area contributed by atoms with Crippen LogP contribution in [0.15, 0.2) is 30.3 Å². The summed E-state index contributed by atoms with van der Waals surface area (Å²) in [6.45, 7) is 4.28. The third kappa shape index (κ3) is 1.47. The molecule has 2 aliphatic carbocycles. The van der Waals surface area contributed by atoms with Crippen LogP contribution in [0.4, 0.5) is 0 Å². The average molecular weight is 276 g/mol. The fraction of sp³-hybridized carbons (Fsp3) is 0.400. The number of ether oxygens (including phenoxy) is 1. The Bertz CT molecular complexity index is 797. The Morgan fingerprint density at radius 1 is 1.00 bits per heavy atom. The van der Waals surface area contributed by atoms with Crippen molar-refractivity contribution >= 4 is 16.8 Å². The molecular formula is C20H20O. The van der Waals surface area contributed by atoms with Crippen LogP contribution in [-0.2, 0) is 0 Å². The van der Waals surface area contributed by atoms with E-state index in [4.69, 9.17) is 4.74 Å². The van der Waals surface area contributed by atoms with E-state index in [1.54, 1.807) is 11.1 Å². The van der Waals surface area contributed by atoms with Gasteiger partial charge in [-0.2, -0.15) is 0 Å². The molecule has 0 N–H and O–H groups in total. The lowest BCUT2D eigenvalue weighted by Crippen LogP contribution is -2.28. The Morgan fingerprint density at radius 3 is 2.52 bits per heavy atom. The van der Waals surface area contributed by atoms with Gasteiger partial charge in [0.05, 0.1) is 0 Å². The summed E-state index contributed by atoms with van der Waals surface area (Å²) >= 11 is 0. The molecule has 2 aromatic rings. The van der Waals surface area contributed by atoms with Gasteiger partial charge in [0.1, 0.15) is 11.4 Å². The highest BCUT2D eigenvalue weighted by Crippen LogP contribution is 2.59. The summed E-state index contributed by atoms with van der Waals surface area (Å²) in [6, 6.07) is 8.83. The molecule has 1 fully saturated rings. The highest BCUT2D eigenvalue weighted by atomic mass is 16.5. The van der Waals surface area contributed by atoms with Gasteiger partial charge in [0.2, 0.25) is 0 Å². The van der Waals surface area contributed by atoms with Crippen LogP contribution in [0.25, 0.3) is 16.8 Å². The van der Waals surface area contributed by atoms with Gasteiger partial charge in [-0.25, -0.2) is 0 Å². The van der Waals surface area contributed by atoms with E-state index in [1.807, 2.05) is 0 Å². The topological polar surface area (TPSA) is 9.23 Å². The molecular weight excluding hydrogens is 256 g/mol. The van der Waals surface area contributed by atoms with Crippen molar-refractivity contribution in [2.24, 2.45) is 0 Å². The van der Waals surface area contributed by atoms with Gasteiger partial charge < -0.3 is 4.74 Å². The highest BCUT2D eigenvalue weighted by Gasteiger charge is 2.41. The normalized spacial score (nSPS) is 27.5. The maximum Gasteiger partial charge on any atom is 0.135 e. The van der Waals surface area contributed by atoms with Gasteiger partial charge in [0.25, 0.3) is 0 Å². The number of benzene rings is 2. The Kier molecular flexibility index (Phi) is 2.09. The van der Waals surface area contributed by atoms with Gasteiger partial charge in [0.15, 0.2) is 0 Å². The lowest BCUT2D eigenvalue weighted by atomic mass is 9.82. The fourth-order valence-corrected chi connectivity index (χ4v) is 4.72. The lowest BCUT2D eigenvalue weighted by Gasteiger charge is -2.32. The minimum atomic E-state index is -0.207. The summed E-state index contributed by atoms with van der Waals surface area (Å²) < 4.78 is 6.38. The molecule has 1 heteroatoms. The molecule has 0 amide bonds. The number of hydrogen-bond donors (Lipinski definition) is 0. The second-order valence-electron chi connectivity index (χ2n) is 7.36. The molecule has 0 saturated heterocycles. The van der Waals surface area contributed by atoms with Crippen molar-refractivity contribution < 1.29 is 4.74 Å². The van der Waals surface area contributed by atoms with Crippen molar-refractivity contribution in [2.45, 2.75) is 50.5 Å². The second kappa shape index (κ2) is 3.71. The SMILES string of the molecule is CC1(C)C=Cc2c3c(c4ccccc4c2O1)C1CCC3C1. The van der Waals surface area contributed by atoms with Crippen LogP contribution in [0, 0.1) is 0 Å². The third-order valence-corrected chi connectivity index (χ3v) is 5.55. The number of hydrogen-bond acceptors (Lipinski definition) is 1. The van der Waals surface area contributed by atoms with E-state index in [9.17, 15) is 0 Å². The molecule has 106 valence electrons. The zero-order valence-corrected chi connectivity index (χ0v) is 12.6. The molecule has 0 radical (unpaired) electrons. The highest BCUT2D eigenvalue weighted by molar-refractivity contribution is 5.98. The predicted molar refractivity (Wildman–Crippen MR) is 87.0 cm³/mol. The van der Waals surface area contributed by atoms with Gasteiger partial charge in [0, 0.05) is 10.9 Å². The van der Waals surface area contributed by atoms with Gasteiger partial charge in [-0.3, -0.25) is 0 Å². The largest absolute Gasteiger partial charge is 0.482 e. The summed E-state index contributed by atoms with van der Waals surface area (Å²) in [5, 5.41) is 2.74. The average Bonchev–Trinajstić information content (AvgIpc) is 3.08. The summed E-state index contributed by atoms with van der Waals surface area (Å²) in [6.07, 6.45) is 8.63.